The van der Waals surface area contributed by atoms with Gasteiger partial charge in [-0.1, -0.05) is 36.8 Å². The minimum atomic E-state index is 0. The third-order valence-corrected chi connectivity index (χ3v) is 4.33. The number of guanidine groups is 1. The van der Waals surface area contributed by atoms with Gasteiger partial charge in [0.05, 0.1) is 6.54 Å². The summed E-state index contributed by atoms with van der Waals surface area (Å²) in [7, 11) is 0. The number of hydrogen-bond donors (Lipinski definition) is 1. The normalized spacial score (nSPS) is 17.0. The Morgan fingerprint density at radius 2 is 1.80 bits per heavy atom. The first-order valence-electron chi connectivity index (χ1n) is 7.32. The van der Waals surface area contributed by atoms with Crippen LogP contribution in [0.25, 0.3) is 0 Å². The van der Waals surface area contributed by atoms with Crippen molar-refractivity contribution in [2.75, 3.05) is 19.6 Å². The summed E-state index contributed by atoms with van der Waals surface area (Å²) in [5.41, 5.74) is 7.73. The molecular weight excluding hydrogens is 361 g/mol. The predicted octanol–water partition coefficient (Wildman–Crippen LogP) is 3.38. The summed E-state index contributed by atoms with van der Waals surface area (Å²) in [6.45, 7) is 6.89. The fraction of sp³-hybridized carbons (Fsp3) is 0.562. The molecule has 0 unspecified atom stereocenters. The van der Waals surface area contributed by atoms with E-state index in [1.807, 2.05) is 0 Å². The largest absolute Gasteiger partial charge is 0.370 e. The molecule has 0 amide bonds. The molecule has 4 heteroatoms. The van der Waals surface area contributed by atoms with Crippen molar-refractivity contribution in [1.82, 2.24) is 4.90 Å². The fourth-order valence-corrected chi connectivity index (χ4v) is 2.81. The number of nitrogens with zero attached hydrogens (tertiary/aromatic N) is 2. The second-order valence-corrected chi connectivity index (χ2v) is 5.35. The first-order chi connectivity index (χ1) is 9.22. The molecule has 1 aliphatic rings. The maximum atomic E-state index is 6.08. The van der Waals surface area contributed by atoms with Crippen molar-refractivity contribution in [3.8, 4) is 0 Å². The summed E-state index contributed by atoms with van der Waals surface area (Å²) < 4.78 is 0. The van der Waals surface area contributed by atoms with Gasteiger partial charge < -0.3 is 10.6 Å². The van der Waals surface area contributed by atoms with Gasteiger partial charge in [0.25, 0.3) is 0 Å². The fourth-order valence-electron chi connectivity index (χ4n) is 2.81. The first-order valence-corrected chi connectivity index (χ1v) is 7.32. The SMILES string of the molecule is CCN(CC)C(N)=NCC1(c2ccccc2)CCC1.I. The molecule has 0 spiro atoms. The molecule has 112 valence electrons. The molecule has 0 heterocycles. The van der Waals surface area contributed by atoms with Gasteiger partial charge in [0.15, 0.2) is 5.96 Å². The topological polar surface area (TPSA) is 41.6 Å². The van der Waals surface area contributed by atoms with Crippen LogP contribution in [0, 0.1) is 0 Å². The summed E-state index contributed by atoms with van der Waals surface area (Å²) in [4.78, 5) is 6.77. The smallest absolute Gasteiger partial charge is 0.191 e. The monoisotopic (exact) mass is 387 g/mol. The summed E-state index contributed by atoms with van der Waals surface area (Å²) in [5.74, 6) is 0.687. The van der Waals surface area contributed by atoms with Crippen LogP contribution in [-0.4, -0.2) is 30.5 Å². The highest BCUT2D eigenvalue weighted by Crippen LogP contribution is 2.43. The van der Waals surface area contributed by atoms with E-state index in [1.54, 1.807) is 0 Å². The lowest BCUT2D eigenvalue weighted by atomic mass is 9.64. The van der Waals surface area contributed by atoms with E-state index in [0.29, 0.717) is 5.96 Å². The van der Waals surface area contributed by atoms with Gasteiger partial charge in [-0.3, -0.25) is 4.99 Å². The summed E-state index contributed by atoms with van der Waals surface area (Å²) >= 11 is 0. The lowest BCUT2D eigenvalue weighted by molar-refractivity contribution is 0.252. The van der Waals surface area contributed by atoms with Crippen LogP contribution in [0.15, 0.2) is 35.3 Å². The zero-order chi connectivity index (χ0) is 13.7. The van der Waals surface area contributed by atoms with Gasteiger partial charge in [0, 0.05) is 18.5 Å². The number of halogens is 1. The van der Waals surface area contributed by atoms with Crippen molar-refractivity contribution in [3.05, 3.63) is 35.9 Å². The molecule has 2 rings (SSSR count). The molecule has 0 aliphatic heterocycles. The average molecular weight is 387 g/mol. The van der Waals surface area contributed by atoms with Gasteiger partial charge in [-0.15, -0.1) is 24.0 Å². The molecule has 1 aromatic carbocycles. The highest BCUT2D eigenvalue weighted by Gasteiger charge is 2.38. The number of hydrogen-bond acceptors (Lipinski definition) is 1. The molecule has 0 bridgehead atoms. The second kappa shape index (κ2) is 7.86. The molecule has 0 saturated heterocycles. The molecule has 1 aliphatic carbocycles. The molecule has 0 aromatic heterocycles. The Morgan fingerprint density at radius 3 is 2.25 bits per heavy atom. The van der Waals surface area contributed by atoms with E-state index in [0.717, 1.165) is 19.6 Å². The second-order valence-electron chi connectivity index (χ2n) is 5.35. The maximum Gasteiger partial charge on any atom is 0.191 e. The van der Waals surface area contributed by atoms with E-state index < -0.39 is 0 Å². The zero-order valence-corrected chi connectivity index (χ0v) is 14.8. The summed E-state index contributed by atoms with van der Waals surface area (Å²) in [6.07, 6.45) is 3.76. The minimum absolute atomic E-state index is 0. The average Bonchev–Trinajstić information content (AvgIpc) is 2.40. The molecule has 1 aromatic rings. The maximum absolute atomic E-state index is 6.08. The Balaban J connectivity index is 0.00000200. The van der Waals surface area contributed by atoms with Crippen LogP contribution in [0.5, 0.6) is 0 Å². The van der Waals surface area contributed by atoms with Gasteiger partial charge in [0.1, 0.15) is 0 Å². The van der Waals surface area contributed by atoms with E-state index in [-0.39, 0.29) is 29.4 Å². The van der Waals surface area contributed by atoms with E-state index in [1.165, 1.54) is 24.8 Å². The molecular formula is C16H26IN3. The number of rotatable bonds is 5. The third kappa shape index (κ3) is 3.65. The number of benzene rings is 1. The molecule has 0 radical (unpaired) electrons. The molecule has 1 saturated carbocycles. The zero-order valence-electron chi connectivity index (χ0n) is 12.5. The lowest BCUT2D eigenvalue weighted by Crippen LogP contribution is -2.41. The van der Waals surface area contributed by atoms with Gasteiger partial charge in [-0.05, 0) is 32.3 Å². The quantitative estimate of drug-likeness (QED) is 0.478. The molecule has 20 heavy (non-hydrogen) atoms. The van der Waals surface area contributed by atoms with Crippen LogP contribution < -0.4 is 5.73 Å². The van der Waals surface area contributed by atoms with Crippen LogP contribution in [0.1, 0.15) is 38.7 Å². The molecule has 0 atom stereocenters. The third-order valence-electron chi connectivity index (χ3n) is 4.33. The lowest BCUT2D eigenvalue weighted by Gasteiger charge is -2.41. The standard InChI is InChI=1S/C16H25N3.HI/c1-3-19(4-2)15(17)18-13-16(11-8-12-16)14-9-6-5-7-10-14;/h5-7,9-10H,3-4,8,11-13H2,1-2H3,(H2,17,18);1H. The van der Waals surface area contributed by atoms with Crippen molar-refractivity contribution >= 4 is 29.9 Å². The van der Waals surface area contributed by atoms with Crippen LogP contribution in [-0.2, 0) is 5.41 Å². The van der Waals surface area contributed by atoms with Crippen molar-refractivity contribution in [2.45, 2.75) is 38.5 Å². The summed E-state index contributed by atoms with van der Waals surface area (Å²) in [6, 6.07) is 10.8. The van der Waals surface area contributed by atoms with E-state index in [4.69, 9.17) is 5.73 Å². The van der Waals surface area contributed by atoms with Crippen molar-refractivity contribution < 1.29 is 0 Å². The van der Waals surface area contributed by atoms with Gasteiger partial charge in [-0.2, -0.15) is 0 Å². The molecule has 1 fully saturated rings. The van der Waals surface area contributed by atoms with Gasteiger partial charge in [0.2, 0.25) is 0 Å². The first kappa shape index (κ1) is 17.3. The Labute approximate surface area is 139 Å². The Kier molecular flexibility index (Phi) is 6.79. The number of nitrogens with two attached hydrogens (primary N) is 1. The van der Waals surface area contributed by atoms with E-state index in [9.17, 15) is 0 Å². The van der Waals surface area contributed by atoms with Crippen LogP contribution in [0.4, 0.5) is 0 Å². The highest BCUT2D eigenvalue weighted by atomic mass is 127. The van der Waals surface area contributed by atoms with Crippen LogP contribution in [0.3, 0.4) is 0 Å². The Morgan fingerprint density at radius 1 is 1.20 bits per heavy atom. The van der Waals surface area contributed by atoms with Crippen molar-refractivity contribution in [3.63, 3.8) is 0 Å². The van der Waals surface area contributed by atoms with Crippen molar-refractivity contribution in [1.29, 1.82) is 0 Å². The van der Waals surface area contributed by atoms with Crippen LogP contribution in [0.2, 0.25) is 0 Å². The van der Waals surface area contributed by atoms with Gasteiger partial charge in [-0.25, -0.2) is 0 Å². The molecule has 3 nitrogen and oxygen atoms in total. The van der Waals surface area contributed by atoms with Crippen LogP contribution >= 0.6 is 24.0 Å². The van der Waals surface area contributed by atoms with E-state index in [2.05, 4.69) is 54.1 Å². The Hall–Kier alpha value is -0.780. The number of aliphatic imine (C=N–C) groups is 1. The van der Waals surface area contributed by atoms with Crippen molar-refractivity contribution in [2.24, 2.45) is 10.7 Å². The van der Waals surface area contributed by atoms with Gasteiger partial charge >= 0.3 is 0 Å². The highest BCUT2D eigenvalue weighted by molar-refractivity contribution is 14.0. The Bertz CT molecular complexity index is 423. The molecule has 2 N–H and O–H groups in total. The minimum Gasteiger partial charge on any atom is -0.370 e. The van der Waals surface area contributed by atoms with E-state index >= 15 is 0 Å². The summed E-state index contributed by atoms with van der Waals surface area (Å²) in [5, 5.41) is 0. The predicted molar refractivity (Wildman–Crippen MR) is 96.8 cm³/mol.